The van der Waals surface area contributed by atoms with Gasteiger partial charge < -0.3 is 0 Å². The van der Waals surface area contributed by atoms with E-state index in [1.54, 1.807) is 6.08 Å². The molecule has 1 heteroatoms. The molecule has 0 aromatic rings. The Hall–Kier alpha value is -0.560. The number of hydrogen-bond donors (Lipinski definition) is 0. The summed E-state index contributed by atoms with van der Waals surface area (Å²) >= 11 is 3.47. The van der Waals surface area contributed by atoms with Crippen molar-refractivity contribution in [2.24, 2.45) is 0 Å². The average molecular weight is 211 g/mol. The van der Waals surface area contributed by atoms with Crippen LogP contribution in [-0.4, -0.2) is 0 Å². The van der Waals surface area contributed by atoms with Crippen molar-refractivity contribution in [3.8, 4) is 0 Å². The molecule has 0 nitrogen and oxygen atoms in total. The molecule has 0 aromatic heterocycles. The smallest absolute Gasteiger partial charge is 0.00434 e. The zero-order chi connectivity index (χ0) is 8.27. The molecule has 0 bridgehead atoms. The Morgan fingerprint density at radius 2 is 2.36 bits per heavy atom. The highest BCUT2D eigenvalue weighted by Gasteiger charge is 2.06. The van der Waals surface area contributed by atoms with Crippen molar-refractivity contribution >= 4 is 15.9 Å². The Morgan fingerprint density at radius 3 is 2.82 bits per heavy atom. The average Bonchev–Trinajstić information content (AvgIpc) is 2.26. The Morgan fingerprint density at radius 1 is 1.64 bits per heavy atom. The molecule has 1 aliphatic rings. The van der Waals surface area contributed by atoms with Crippen LogP contribution in [0.1, 0.15) is 13.3 Å². The predicted octanol–water partition coefficient (Wildman–Crippen LogP) is 3.73. The fraction of sp³-hybridized carbons (Fsp3) is 0.200. The van der Waals surface area contributed by atoms with Gasteiger partial charge in [-0.1, -0.05) is 40.7 Å². The zero-order valence-corrected chi connectivity index (χ0v) is 8.19. The third-order valence-corrected chi connectivity index (χ3v) is 2.18. The Kier molecular flexibility index (Phi) is 2.89. The monoisotopic (exact) mass is 210 g/mol. The van der Waals surface area contributed by atoms with Crippen LogP contribution in [0, 0.1) is 0 Å². The van der Waals surface area contributed by atoms with Crippen LogP contribution in [0.25, 0.3) is 0 Å². The van der Waals surface area contributed by atoms with E-state index in [-0.39, 0.29) is 0 Å². The van der Waals surface area contributed by atoms with Crippen molar-refractivity contribution in [3.05, 3.63) is 46.5 Å². The molecule has 0 unspecified atom stereocenters. The molecule has 0 saturated heterocycles. The van der Waals surface area contributed by atoms with E-state index in [0.29, 0.717) is 0 Å². The molecule has 0 aliphatic heterocycles. The summed E-state index contributed by atoms with van der Waals surface area (Å²) in [4.78, 5) is 0. The summed E-state index contributed by atoms with van der Waals surface area (Å²) in [6, 6.07) is 0. The zero-order valence-electron chi connectivity index (χ0n) is 6.60. The van der Waals surface area contributed by atoms with E-state index in [2.05, 4.69) is 41.6 Å². The Bertz CT molecular complexity index is 254. The summed E-state index contributed by atoms with van der Waals surface area (Å²) in [6.45, 7) is 5.75. The fourth-order valence-corrected chi connectivity index (χ4v) is 1.72. The van der Waals surface area contributed by atoms with Crippen LogP contribution in [0.3, 0.4) is 0 Å². The largest absolute Gasteiger partial charge is 0.0991 e. The van der Waals surface area contributed by atoms with Gasteiger partial charge in [-0.05, 0) is 28.6 Å². The highest BCUT2D eigenvalue weighted by molar-refractivity contribution is 9.11. The van der Waals surface area contributed by atoms with Crippen LogP contribution in [0.5, 0.6) is 0 Å². The second-order valence-electron chi connectivity index (χ2n) is 2.57. The van der Waals surface area contributed by atoms with Gasteiger partial charge in [0, 0.05) is 6.42 Å². The third kappa shape index (κ3) is 2.19. The maximum atomic E-state index is 3.63. The van der Waals surface area contributed by atoms with Gasteiger partial charge in [0.25, 0.3) is 0 Å². The number of halogens is 1. The van der Waals surface area contributed by atoms with Crippen molar-refractivity contribution in [1.82, 2.24) is 0 Å². The molecule has 0 fully saturated rings. The maximum absolute atomic E-state index is 3.63. The molecule has 0 aromatic carbocycles. The minimum absolute atomic E-state index is 1.02. The van der Waals surface area contributed by atoms with Gasteiger partial charge in [-0.25, -0.2) is 0 Å². The minimum atomic E-state index is 1.02. The third-order valence-electron chi connectivity index (χ3n) is 1.67. The molecule has 0 atom stereocenters. The van der Waals surface area contributed by atoms with E-state index >= 15 is 0 Å². The molecule has 0 N–H and O–H groups in total. The molecule has 0 amide bonds. The lowest BCUT2D eigenvalue weighted by Gasteiger charge is -1.93. The van der Waals surface area contributed by atoms with Crippen molar-refractivity contribution in [3.63, 3.8) is 0 Å². The molecule has 0 heterocycles. The summed E-state index contributed by atoms with van der Waals surface area (Å²) in [5.74, 6) is 0. The van der Waals surface area contributed by atoms with E-state index in [4.69, 9.17) is 0 Å². The molecule has 0 saturated carbocycles. The first kappa shape index (κ1) is 8.54. The van der Waals surface area contributed by atoms with E-state index in [9.17, 15) is 0 Å². The Labute approximate surface area is 76.1 Å². The van der Waals surface area contributed by atoms with Crippen LogP contribution in [0.15, 0.2) is 46.5 Å². The summed E-state index contributed by atoms with van der Waals surface area (Å²) in [5, 5.41) is 0. The Balaban J connectivity index is 2.71. The van der Waals surface area contributed by atoms with E-state index in [1.165, 1.54) is 15.6 Å². The molecule has 1 rings (SSSR count). The molecular formula is C10H11Br. The summed E-state index contributed by atoms with van der Waals surface area (Å²) in [7, 11) is 0. The summed E-state index contributed by atoms with van der Waals surface area (Å²) in [5.41, 5.74) is 2.71. The van der Waals surface area contributed by atoms with Gasteiger partial charge in [0.15, 0.2) is 0 Å². The second-order valence-corrected chi connectivity index (χ2v) is 3.59. The van der Waals surface area contributed by atoms with E-state index in [0.717, 1.165) is 6.42 Å². The SMILES string of the molecule is C=C/C=C\C1=C(C)C=C(Br)C1. The lowest BCUT2D eigenvalue weighted by molar-refractivity contribution is 1.29. The topological polar surface area (TPSA) is 0 Å². The number of hydrogen-bond acceptors (Lipinski definition) is 0. The van der Waals surface area contributed by atoms with Crippen molar-refractivity contribution in [1.29, 1.82) is 0 Å². The van der Waals surface area contributed by atoms with Gasteiger partial charge in [-0.2, -0.15) is 0 Å². The van der Waals surface area contributed by atoms with Crippen molar-refractivity contribution in [2.75, 3.05) is 0 Å². The number of rotatable bonds is 2. The quantitative estimate of drug-likeness (QED) is 0.610. The van der Waals surface area contributed by atoms with Crippen LogP contribution >= 0.6 is 15.9 Å². The molecule has 0 spiro atoms. The van der Waals surface area contributed by atoms with Crippen LogP contribution in [0.2, 0.25) is 0 Å². The van der Waals surface area contributed by atoms with Gasteiger partial charge in [-0.3, -0.25) is 0 Å². The van der Waals surface area contributed by atoms with Crippen LogP contribution in [0.4, 0.5) is 0 Å². The van der Waals surface area contributed by atoms with E-state index < -0.39 is 0 Å². The fourth-order valence-electron chi connectivity index (χ4n) is 1.07. The lowest BCUT2D eigenvalue weighted by atomic mass is 10.1. The second kappa shape index (κ2) is 3.72. The van der Waals surface area contributed by atoms with Crippen LogP contribution in [-0.2, 0) is 0 Å². The number of allylic oxidation sites excluding steroid dienone is 7. The first-order chi connectivity index (χ1) is 5.24. The highest BCUT2D eigenvalue weighted by Crippen LogP contribution is 2.29. The van der Waals surface area contributed by atoms with Crippen molar-refractivity contribution in [2.45, 2.75) is 13.3 Å². The molecular weight excluding hydrogens is 200 g/mol. The van der Waals surface area contributed by atoms with Gasteiger partial charge in [-0.15, -0.1) is 0 Å². The first-order valence-corrected chi connectivity index (χ1v) is 4.38. The van der Waals surface area contributed by atoms with Gasteiger partial charge in [0.05, 0.1) is 0 Å². The maximum Gasteiger partial charge on any atom is 0.00434 e. The standard InChI is InChI=1S/C10H11Br/c1-3-4-5-9-7-10(11)6-8(9)2/h3-6H,1,7H2,2H3/b5-4-. The summed E-state index contributed by atoms with van der Waals surface area (Å²) < 4.78 is 1.26. The van der Waals surface area contributed by atoms with Gasteiger partial charge >= 0.3 is 0 Å². The molecule has 1 aliphatic carbocycles. The molecule has 0 radical (unpaired) electrons. The lowest BCUT2D eigenvalue weighted by Crippen LogP contribution is -1.73. The normalized spacial score (nSPS) is 17.8. The molecule has 58 valence electrons. The van der Waals surface area contributed by atoms with Gasteiger partial charge in [0.1, 0.15) is 0 Å². The van der Waals surface area contributed by atoms with Gasteiger partial charge in [0.2, 0.25) is 0 Å². The predicted molar refractivity (Wildman–Crippen MR) is 53.7 cm³/mol. The minimum Gasteiger partial charge on any atom is -0.0991 e. The van der Waals surface area contributed by atoms with Crippen molar-refractivity contribution < 1.29 is 0 Å². The highest BCUT2D eigenvalue weighted by atomic mass is 79.9. The first-order valence-electron chi connectivity index (χ1n) is 3.59. The summed E-state index contributed by atoms with van der Waals surface area (Å²) in [6.07, 6.45) is 9.05. The van der Waals surface area contributed by atoms with Crippen LogP contribution < -0.4 is 0 Å². The van der Waals surface area contributed by atoms with E-state index in [1.807, 2.05) is 6.08 Å². The molecule has 11 heavy (non-hydrogen) atoms.